The molecule has 0 aliphatic heterocycles. The lowest BCUT2D eigenvalue weighted by Gasteiger charge is -2.09. The van der Waals surface area contributed by atoms with Crippen LogP contribution in [-0.2, 0) is 10.0 Å². The Hall–Kier alpha value is -1.96. The van der Waals surface area contributed by atoms with Gasteiger partial charge in [-0.15, -0.1) is 0 Å². The van der Waals surface area contributed by atoms with E-state index >= 15 is 0 Å². The normalized spacial score (nSPS) is 11.3. The summed E-state index contributed by atoms with van der Waals surface area (Å²) in [5, 5.41) is 7.29. The Morgan fingerprint density at radius 3 is 2.59 bits per heavy atom. The molecule has 2 rings (SSSR count). The van der Waals surface area contributed by atoms with Crippen molar-refractivity contribution >= 4 is 33.2 Å². The van der Waals surface area contributed by atoms with Crippen LogP contribution in [0.25, 0.3) is 0 Å². The fraction of sp³-hybridized carbons (Fsp3) is 0.0714. The molecule has 1 amide bonds. The van der Waals surface area contributed by atoms with Crippen molar-refractivity contribution in [2.75, 3.05) is 5.32 Å². The molecule has 0 bridgehead atoms. The maximum atomic E-state index is 13.7. The molecule has 2 aromatic rings. The molecule has 0 aliphatic carbocycles. The fourth-order valence-electron chi connectivity index (χ4n) is 1.84. The van der Waals surface area contributed by atoms with E-state index in [9.17, 15) is 17.6 Å². The first-order valence-corrected chi connectivity index (χ1v) is 8.01. The van der Waals surface area contributed by atoms with Crippen LogP contribution in [0.1, 0.15) is 15.9 Å². The van der Waals surface area contributed by atoms with Crippen molar-refractivity contribution in [1.29, 1.82) is 0 Å². The summed E-state index contributed by atoms with van der Waals surface area (Å²) in [6.45, 7) is 1.55. The standard InChI is InChI=1S/C14H12ClFN2O3S/c1-8-5-6-9(7-12(8)22(17,20)21)14(19)18-11-4-2-3-10(15)13(11)16/h2-7H,1H3,(H,18,19)(H2,17,20,21). The van der Waals surface area contributed by atoms with Gasteiger partial charge < -0.3 is 5.32 Å². The van der Waals surface area contributed by atoms with Crippen LogP contribution in [0.15, 0.2) is 41.3 Å². The molecule has 0 saturated heterocycles. The zero-order valence-corrected chi connectivity index (χ0v) is 13.0. The molecule has 0 aromatic heterocycles. The first kappa shape index (κ1) is 16.4. The molecule has 116 valence electrons. The lowest BCUT2D eigenvalue weighted by molar-refractivity contribution is 0.102. The first-order valence-electron chi connectivity index (χ1n) is 6.09. The van der Waals surface area contributed by atoms with Crippen molar-refractivity contribution < 1.29 is 17.6 Å². The number of anilines is 1. The lowest BCUT2D eigenvalue weighted by atomic mass is 10.1. The van der Waals surface area contributed by atoms with Crippen LogP contribution >= 0.6 is 11.6 Å². The third-order valence-electron chi connectivity index (χ3n) is 2.96. The molecule has 0 fully saturated rings. The van der Waals surface area contributed by atoms with Gasteiger partial charge in [0.2, 0.25) is 10.0 Å². The summed E-state index contributed by atoms with van der Waals surface area (Å²) in [6.07, 6.45) is 0. The second-order valence-electron chi connectivity index (χ2n) is 4.58. The number of nitrogens with one attached hydrogen (secondary N) is 1. The quantitative estimate of drug-likeness (QED) is 0.898. The summed E-state index contributed by atoms with van der Waals surface area (Å²) >= 11 is 5.63. The van der Waals surface area contributed by atoms with Crippen molar-refractivity contribution in [3.05, 3.63) is 58.4 Å². The molecule has 0 unspecified atom stereocenters. The molecule has 8 heteroatoms. The molecular weight excluding hydrogens is 331 g/mol. The first-order chi connectivity index (χ1) is 10.2. The molecule has 0 heterocycles. The number of carbonyl (C=O) groups excluding carboxylic acids is 1. The minimum absolute atomic E-state index is 0.0361. The SMILES string of the molecule is Cc1ccc(C(=O)Nc2cccc(Cl)c2F)cc1S(N)(=O)=O. The van der Waals surface area contributed by atoms with E-state index in [-0.39, 0.29) is 21.2 Å². The third kappa shape index (κ3) is 3.44. The fourth-order valence-corrected chi connectivity index (χ4v) is 2.83. The van der Waals surface area contributed by atoms with Gasteiger partial charge in [0, 0.05) is 5.56 Å². The number of sulfonamides is 1. The maximum Gasteiger partial charge on any atom is 0.255 e. The number of aryl methyl sites for hydroxylation is 1. The number of hydrogen-bond acceptors (Lipinski definition) is 3. The van der Waals surface area contributed by atoms with Crippen LogP contribution in [0.4, 0.5) is 10.1 Å². The van der Waals surface area contributed by atoms with Crippen LogP contribution in [0.3, 0.4) is 0 Å². The van der Waals surface area contributed by atoms with Gasteiger partial charge in [-0.05, 0) is 36.8 Å². The number of primary sulfonamides is 1. The zero-order valence-electron chi connectivity index (χ0n) is 11.4. The summed E-state index contributed by atoms with van der Waals surface area (Å²) < 4.78 is 36.7. The van der Waals surface area contributed by atoms with E-state index in [4.69, 9.17) is 16.7 Å². The number of halogens is 2. The van der Waals surface area contributed by atoms with E-state index in [1.165, 1.54) is 30.3 Å². The van der Waals surface area contributed by atoms with Crippen LogP contribution in [0, 0.1) is 12.7 Å². The Morgan fingerprint density at radius 2 is 1.95 bits per heavy atom. The molecule has 0 atom stereocenters. The molecule has 22 heavy (non-hydrogen) atoms. The van der Waals surface area contributed by atoms with Gasteiger partial charge in [0.15, 0.2) is 5.82 Å². The average Bonchev–Trinajstić information content (AvgIpc) is 2.43. The van der Waals surface area contributed by atoms with Gasteiger partial charge in [-0.1, -0.05) is 23.7 Å². The predicted molar refractivity (Wildman–Crippen MR) is 81.9 cm³/mol. The molecular formula is C14H12ClFN2O3S. The van der Waals surface area contributed by atoms with Crippen molar-refractivity contribution in [3.63, 3.8) is 0 Å². The highest BCUT2D eigenvalue weighted by molar-refractivity contribution is 7.89. The second kappa shape index (κ2) is 6.04. The predicted octanol–water partition coefficient (Wildman–Crippen LogP) is 2.69. The van der Waals surface area contributed by atoms with E-state index in [0.717, 1.165) is 6.07 Å². The molecule has 0 radical (unpaired) electrons. The highest BCUT2D eigenvalue weighted by atomic mass is 35.5. The zero-order chi connectivity index (χ0) is 16.5. The highest BCUT2D eigenvalue weighted by Gasteiger charge is 2.16. The Morgan fingerprint density at radius 1 is 1.27 bits per heavy atom. The number of hydrogen-bond donors (Lipinski definition) is 2. The second-order valence-corrected chi connectivity index (χ2v) is 6.52. The van der Waals surface area contributed by atoms with Gasteiger partial charge >= 0.3 is 0 Å². The van der Waals surface area contributed by atoms with Crippen LogP contribution in [0.5, 0.6) is 0 Å². The Balaban J connectivity index is 2.37. The van der Waals surface area contributed by atoms with Crippen LogP contribution < -0.4 is 10.5 Å². The van der Waals surface area contributed by atoms with Gasteiger partial charge in [-0.25, -0.2) is 17.9 Å². The number of benzene rings is 2. The van der Waals surface area contributed by atoms with Crippen LogP contribution in [-0.4, -0.2) is 14.3 Å². The van der Waals surface area contributed by atoms with Crippen molar-refractivity contribution in [2.45, 2.75) is 11.8 Å². The van der Waals surface area contributed by atoms with E-state index in [0.29, 0.717) is 5.56 Å². The van der Waals surface area contributed by atoms with Gasteiger partial charge in [-0.2, -0.15) is 0 Å². The Labute approximate surface area is 131 Å². The van der Waals surface area contributed by atoms with Crippen molar-refractivity contribution in [3.8, 4) is 0 Å². The topological polar surface area (TPSA) is 89.3 Å². The van der Waals surface area contributed by atoms with E-state index < -0.39 is 21.7 Å². The molecule has 0 saturated carbocycles. The van der Waals surface area contributed by atoms with E-state index in [1.807, 2.05) is 0 Å². The van der Waals surface area contributed by atoms with Crippen LogP contribution in [0.2, 0.25) is 5.02 Å². The maximum absolute atomic E-state index is 13.7. The highest BCUT2D eigenvalue weighted by Crippen LogP contribution is 2.23. The summed E-state index contributed by atoms with van der Waals surface area (Å²) in [4.78, 5) is 12.0. The minimum Gasteiger partial charge on any atom is -0.319 e. The summed E-state index contributed by atoms with van der Waals surface area (Å²) in [7, 11) is -3.95. The largest absolute Gasteiger partial charge is 0.319 e. The van der Waals surface area contributed by atoms with E-state index in [2.05, 4.69) is 5.32 Å². The van der Waals surface area contributed by atoms with Gasteiger partial charge in [0.25, 0.3) is 5.91 Å². The number of amides is 1. The monoisotopic (exact) mass is 342 g/mol. The molecule has 0 spiro atoms. The molecule has 3 N–H and O–H groups in total. The Kier molecular flexibility index (Phi) is 4.50. The third-order valence-corrected chi connectivity index (χ3v) is 4.30. The van der Waals surface area contributed by atoms with Gasteiger partial charge in [0.1, 0.15) is 0 Å². The van der Waals surface area contributed by atoms with Crippen molar-refractivity contribution in [1.82, 2.24) is 0 Å². The Bertz CT molecular complexity index is 853. The van der Waals surface area contributed by atoms with Gasteiger partial charge in [-0.3, -0.25) is 4.79 Å². The molecule has 2 aromatic carbocycles. The minimum atomic E-state index is -3.95. The molecule has 0 aliphatic rings. The average molecular weight is 343 g/mol. The van der Waals surface area contributed by atoms with Gasteiger partial charge in [0.05, 0.1) is 15.6 Å². The summed E-state index contributed by atoms with van der Waals surface area (Å²) in [5.74, 6) is -1.44. The number of nitrogens with two attached hydrogens (primary N) is 1. The lowest BCUT2D eigenvalue weighted by Crippen LogP contribution is -2.17. The van der Waals surface area contributed by atoms with E-state index in [1.54, 1.807) is 6.92 Å². The smallest absolute Gasteiger partial charge is 0.255 e. The molecule has 5 nitrogen and oxygen atoms in total. The number of rotatable bonds is 3. The summed E-state index contributed by atoms with van der Waals surface area (Å²) in [6, 6.07) is 8.17. The summed E-state index contributed by atoms with van der Waals surface area (Å²) in [5.41, 5.74) is 0.345. The number of carbonyl (C=O) groups is 1. The van der Waals surface area contributed by atoms with Crippen molar-refractivity contribution in [2.24, 2.45) is 5.14 Å².